The van der Waals surface area contributed by atoms with Crippen LogP contribution in [-0.2, 0) is 17.1 Å². The van der Waals surface area contributed by atoms with Gasteiger partial charge in [-0.1, -0.05) is 34.6 Å². The van der Waals surface area contributed by atoms with Crippen molar-refractivity contribution in [1.82, 2.24) is 0 Å². The summed E-state index contributed by atoms with van der Waals surface area (Å²) < 4.78 is 5.31. The van der Waals surface area contributed by atoms with Crippen LogP contribution in [0.4, 0.5) is 0 Å². The van der Waals surface area contributed by atoms with Crippen LogP contribution in [0, 0.1) is 0 Å². The zero-order valence-electron chi connectivity index (χ0n) is 11.3. The Bertz CT molecular complexity index is 582. The minimum atomic E-state index is 0. The third-order valence-corrected chi connectivity index (χ3v) is 3.31. The number of rotatable bonds is 2. The van der Waals surface area contributed by atoms with Crippen LogP contribution in [0.3, 0.4) is 0 Å². The zero-order valence-corrected chi connectivity index (χ0v) is 13.5. The molecule has 0 aromatic heterocycles. The Labute approximate surface area is 133 Å². The van der Waals surface area contributed by atoms with Crippen LogP contribution in [0.2, 0.25) is 0 Å². The SMILES string of the molecule is COc1ccccc1-[c-]1cccc1P.[Fe].[cH-]1[cH-][cH-][cH-][cH-]1. The Hall–Kier alpha value is -1.33. The third-order valence-electron chi connectivity index (χ3n) is 2.80. The van der Waals surface area contributed by atoms with Crippen LogP contribution in [0.15, 0.2) is 72.8 Å². The average molecular weight is 324 g/mol. The van der Waals surface area contributed by atoms with Gasteiger partial charge in [-0.05, 0) is 0 Å². The molecule has 0 radical (unpaired) electrons. The molecule has 0 aliphatic rings. The molecule has 0 saturated carbocycles. The first-order valence-corrected chi connectivity index (χ1v) is 6.72. The van der Waals surface area contributed by atoms with Gasteiger partial charge < -0.3 is 35.1 Å². The minimum absolute atomic E-state index is 0. The molecule has 3 heteroatoms. The van der Waals surface area contributed by atoms with E-state index in [0.29, 0.717) is 0 Å². The molecule has 110 valence electrons. The van der Waals surface area contributed by atoms with Gasteiger partial charge in [-0.15, -0.1) is 27.4 Å². The Morgan fingerprint density at radius 1 is 0.950 bits per heavy atom. The summed E-state index contributed by atoms with van der Waals surface area (Å²) in [6.45, 7) is 0. The number of ether oxygens (including phenoxy) is 1. The first-order valence-electron chi connectivity index (χ1n) is 6.14. The van der Waals surface area contributed by atoms with Crippen molar-refractivity contribution in [2.75, 3.05) is 7.11 Å². The number of hydrogen-bond acceptors (Lipinski definition) is 1. The fourth-order valence-electron chi connectivity index (χ4n) is 1.87. The zero-order chi connectivity index (χ0) is 13.5. The number of hydrogen-bond donors (Lipinski definition) is 0. The first kappa shape index (κ1) is 16.7. The molecule has 0 bridgehead atoms. The summed E-state index contributed by atoms with van der Waals surface area (Å²) in [5, 5.41) is 1.20. The van der Waals surface area contributed by atoms with E-state index in [0.717, 1.165) is 11.3 Å². The Morgan fingerprint density at radius 3 is 2.05 bits per heavy atom. The molecule has 20 heavy (non-hydrogen) atoms. The van der Waals surface area contributed by atoms with E-state index >= 15 is 0 Å². The second-order valence-electron chi connectivity index (χ2n) is 4.06. The first-order chi connectivity index (χ1) is 9.33. The Kier molecular flexibility index (Phi) is 7.33. The maximum atomic E-state index is 5.31. The summed E-state index contributed by atoms with van der Waals surface area (Å²) in [4.78, 5) is 0. The van der Waals surface area contributed by atoms with Crippen LogP contribution in [0.25, 0.3) is 11.1 Å². The molecule has 0 aliphatic carbocycles. The van der Waals surface area contributed by atoms with Crippen molar-refractivity contribution in [1.29, 1.82) is 0 Å². The van der Waals surface area contributed by atoms with Crippen LogP contribution in [0.5, 0.6) is 5.75 Å². The van der Waals surface area contributed by atoms with Gasteiger partial charge in [-0.2, -0.15) is 6.07 Å². The van der Waals surface area contributed by atoms with Gasteiger partial charge in [0.1, 0.15) is 0 Å². The van der Waals surface area contributed by atoms with E-state index in [-0.39, 0.29) is 17.1 Å². The van der Waals surface area contributed by atoms with E-state index in [1.54, 1.807) is 7.11 Å². The molecule has 0 aliphatic heterocycles. The second-order valence-corrected chi connectivity index (χ2v) is 4.68. The molecule has 1 nitrogen and oxygen atoms in total. The summed E-state index contributed by atoms with van der Waals surface area (Å²) in [6, 6.07) is 24.3. The van der Waals surface area contributed by atoms with E-state index in [1.165, 1.54) is 10.9 Å². The molecular weight excluding hydrogens is 307 g/mol. The predicted octanol–water partition coefficient (Wildman–Crippen LogP) is 3.98. The fourth-order valence-corrected chi connectivity index (χ4v) is 2.23. The van der Waals surface area contributed by atoms with Crippen molar-refractivity contribution in [2.24, 2.45) is 0 Å². The molecule has 3 rings (SSSR count). The van der Waals surface area contributed by atoms with Gasteiger partial charge in [0.2, 0.25) is 0 Å². The second kappa shape index (κ2) is 8.76. The maximum absolute atomic E-state index is 5.31. The largest absolute Gasteiger partial charge is 0.748 e. The van der Waals surface area contributed by atoms with Crippen molar-refractivity contribution in [2.45, 2.75) is 0 Å². The normalized spacial score (nSPS) is 9.10. The van der Waals surface area contributed by atoms with Crippen LogP contribution < -0.4 is 10.0 Å². The average Bonchev–Trinajstić information content (AvgIpc) is 3.13. The van der Waals surface area contributed by atoms with E-state index in [1.807, 2.05) is 54.6 Å². The molecule has 1 atom stereocenters. The molecule has 1 unspecified atom stereocenters. The number of para-hydroxylation sites is 1. The predicted molar refractivity (Wildman–Crippen MR) is 85.4 cm³/mol. The maximum Gasteiger partial charge on any atom is 0.0673 e. The topological polar surface area (TPSA) is 9.23 Å². The molecule has 0 N–H and O–H groups in total. The van der Waals surface area contributed by atoms with Crippen molar-refractivity contribution < 1.29 is 21.8 Å². The van der Waals surface area contributed by atoms with E-state index in [2.05, 4.69) is 27.4 Å². The summed E-state index contributed by atoms with van der Waals surface area (Å²) in [6.07, 6.45) is 0. The van der Waals surface area contributed by atoms with Gasteiger partial charge in [0, 0.05) is 17.1 Å². The van der Waals surface area contributed by atoms with Crippen molar-refractivity contribution in [3.63, 3.8) is 0 Å². The van der Waals surface area contributed by atoms with E-state index in [4.69, 9.17) is 4.74 Å². The fraction of sp³-hybridized carbons (Fsp3) is 0.0588. The minimum Gasteiger partial charge on any atom is -0.748 e. The van der Waals surface area contributed by atoms with Gasteiger partial charge in [0.25, 0.3) is 0 Å². The third kappa shape index (κ3) is 4.35. The van der Waals surface area contributed by atoms with Crippen molar-refractivity contribution >= 4 is 14.5 Å². The van der Waals surface area contributed by atoms with Crippen LogP contribution in [-0.4, -0.2) is 7.11 Å². The van der Waals surface area contributed by atoms with E-state index < -0.39 is 0 Å². The molecule has 0 spiro atoms. The molecule has 3 aromatic rings. The van der Waals surface area contributed by atoms with Gasteiger partial charge >= 0.3 is 0 Å². The quantitative estimate of drug-likeness (QED) is 0.394. The smallest absolute Gasteiger partial charge is 0.0673 e. The monoisotopic (exact) mass is 324 g/mol. The summed E-state index contributed by atoms with van der Waals surface area (Å²) >= 11 is 0. The molecule has 3 aromatic carbocycles. The summed E-state index contributed by atoms with van der Waals surface area (Å²) in [5.74, 6) is 0.919. The Balaban J connectivity index is 0.000000283. The van der Waals surface area contributed by atoms with Crippen molar-refractivity contribution in [3.8, 4) is 16.9 Å². The van der Waals surface area contributed by atoms with Gasteiger partial charge in [-0.25, -0.2) is 0 Å². The molecule has 0 saturated heterocycles. The summed E-state index contributed by atoms with van der Waals surface area (Å²) in [5.41, 5.74) is 2.36. The standard InChI is InChI=1S/C12H12OP.C5H5.Fe/c1-13-11-7-3-2-5-9(11)10-6-4-8-12(10)14;1-2-4-5-3-1;/h2-8H,14H2,1H3;1-5H;/q-1;-5;. The Morgan fingerprint density at radius 2 is 1.55 bits per heavy atom. The van der Waals surface area contributed by atoms with Crippen LogP contribution >= 0.6 is 9.24 Å². The van der Waals surface area contributed by atoms with Gasteiger partial charge in [0.15, 0.2) is 0 Å². The van der Waals surface area contributed by atoms with Gasteiger partial charge in [-0.3, -0.25) is 0 Å². The molecule has 0 amide bonds. The molecule has 0 heterocycles. The van der Waals surface area contributed by atoms with Crippen LogP contribution in [0.1, 0.15) is 0 Å². The molecule has 0 fully saturated rings. The number of methoxy groups -OCH3 is 1. The van der Waals surface area contributed by atoms with Crippen molar-refractivity contribution in [3.05, 3.63) is 72.8 Å². The number of benzene rings is 1. The molecular formula is C17H17FeOP-6. The van der Waals surface area contributed by atoms with Gasteiger partial charge in [0.05, 0.1) is 12.9 Å². The van der Waals surface area contributed by atoms with E-state index in [9.17, 15) is 0 Å². The summed E-state index contributed by atoms with van der Waals surface area (Å²) in [7, 11) is 4.43.